The fourth-order valence-electron chi connectivity index (χ4n) is 1.98. The molecule has 1 saturated carbocycles. The average molecular weight is 298 g/mol. The molecule has 1 aliphatic carbocycles. The average Bonchev–Trinajstić information content (AvgIpc) is 2.26. The summed E-state index contributed by atoms with van der Waals surface area (Å²) in [4.78, 5) is 11.3. The first kappa shape index (κ1) is 17.4. The molecule has 0 heterocycles. The summed E-state index contributed by atoms with van der Waals surface area (Å²) in [6.45, 7) is 14.4. The molecule has 4 heteroatoms. The predicted octanol–water partition coefficient (Wildman–Crippen LogP) is 4.15. The number of carbonyl (C=O) groups is 1. The first-order valence-corrected chi connectivity index (χ1v) is 10.6. The van der Waals surface area contributed by atoms with Gasteiger partial charge in [0.15, 0.2) is 8.32 Å². The number of carbonyl (C=O) groups excluding carboxylic acids is 1. The first-order chi connectivity index (χ1) is 9.17. The number of allylic oxidation sites excluding steroid dienone is 1. The van der Waals surface area contributed by atoms with Crippen molar-refractivity contribution >= 4 is 14.3 Å². The number of hydrogen-bond donors (Lipinski definition) is 0. The third kappa shape index (κ3) is 4.74. The smallest absolute Gasteiger partial charge is 0.330 e. The van der Waals surface area contributed by atoms with E-state index in [0.29, 0.717) is 18.4 Å². The van der Waals surface area contributed by atoms with Crippen molar-refractivity contribution in [3.8, 4) is 0 Å². The summed E-state index contributed by atoms with van der Waals surface area (Å²) >= 11 is 0. The van der Waals surface area contributed by atoms with Crippen molar-refractivity contribution in [1.82, 2.24) is 0 Å². The maximum absolute atomic E-state index is 11.3. The van der Waals surface area contributed by atoms with Crippen molar-refractivity contribution in [3.63, 3.8) is 0 Å². The summed E-state index contributed by atoms with van der Waals surface area (Å²) in [6.07, 6.45) is 5.93. The highest BCUT2D eigenvalue weighted by atomic mass is 28.4. The Balaban J connectivity index is 2.41. The van der Waals surface area contributed by atoms with Gasteiger partial charge in [0.1, 0.15) is 0 Å². The van der Waals surface area contributed by atoms with Gasteiger partial charge < -0.3 is 9.16 Å². The Morgan fingerprint density at radius 1 is 1.30 bits per heavy atom. The Morgan fingerprint density at radius 2 is 1.95 bits per heavy atom. The molecular weight excluding hydrogens is 268 g/mol. The molecule has 0 spiro atoms. The van der Waals surface area contributed by atoms with Crippen molar-refractivity contribution in [2.75, 3.05) is 13.2 Å². The van der Waals surface area contributed by atoms with Gasteiger partial charge in [-0.15, -0.1) is 0 Å². The lowest BCUT2D eigenvalue weighted by Gasteiger charge is -2.41. The third-order valence-electron chi connectivity index (χ3n) is 4.71. The van der Waals surface area contributed by atoms with Gasteiger partial charge in [0.2, 0.25) is 0 Å². The molecule has 1 aliphatic rings. The van der Waals surface area contributed by atoms with Gasteiger partial charge in [-0.2, -0.15) is 0 Å². The van der Waals surface area contributed by atoms with Gasteiger partial charge in [-0.3, -0.25) is 0 Å². The lowest BCUT2D eigenvalue weighted by atomic mass is 9.74. The van der Waals surface area contributed by atoms with E-state index in [-0.39, 0.29) is 11.0 Å². The lowest BCUT2D eigenvalue weighted by molar-refractivity contribution is -0.137. The van der Waals surface area contributed by atoms with Crippen LogP contribution >= 0.6 is 0 Å². The Labute approximate surface area is 124 Å². The molecule has 0 amide bonds. The molecule has 0 aliphatic heterocycles. The zero-order valence-electron chi connectivity index (χ0n) is 13.9. The number of rotatable bonds is 6. The van der Waals surface area contributed by atoms with E-state index in [0.717, 1.165) is 13.0 Å². The minimum atomic E-state index is -1.65. The lowest BCUT2D eigenvalue weighted by Crippen LogP contribution is -2.43. The highest BCUT2D eigenvalue weighted by Crippen LogP contribution is 2.40. The van der Waals surface area contributed by atoms with Gasteiger partial charge >= 0.3 is 5.97 Å². The van der Waals surface area contributed by atoms with Crippen LogP contribution in [0.2, 0.25) is 18.1 Å². The van der Waals surface area contributed by atoms with Crippen molar-refractivity contribution in [1.29, 1.82) is 0 Å². The molecule has 3 nitrogen and oxygen atoms in total. The molecular formula is C16H30O3Si. The molecule has 116 valence electrons. The Hall–Kier alpha value is -0.613. The molecule has 0 aromatic heterocycles. The van der Waals surface area contributed by atoms with Crippen LogP contribution in [0.4, 0.5) is 0 Å². The van der Waals surface area contributed by atoms with Gasteiger partial charge in [0, 0.05) is 12.7 Å². The van der Waals surface area contributed by atoms with E-state index in [9.17, 15) is 4.79 Å². The second kappa shape index (κ2) is 6.90. The summed E-state index contributed by atoms with van der Waals surface area (Å²) < 4.78 is 11.2. The molecule has 20 heavy (non-hydrogen) atoms. The molecule has 0 N–H and O–H groups in total. The van der Waals surface area contributed by atoms with Crippen LogP contribution in [0.5, 0.6) is 0 Å². The van der Waals surface area contributed by atoms with Crippen LogP contribution in [0.15, 0.2) is 12.2 Å². The van der Waals surface area contributed by atoms with Crippen LogP contribution in [0.1, 0.15) is 40.5 Å². The highest BCUT2D eigenvalue weighted by molar-refractivity contribution is 6.74. The molecule has 0 unspecified atom stereocenters. The minimum Gasteiger partial charge on any atom is -0.463 e. The van der Waals surface area contributed by atoms with Crippen LogP contribution in [0, 0.1) is 11.8 Å². The van der Waals surface area contributed by atoms with E-state index >= 15 is 0 Å². The third-order valence-corrected chi connectivity index (χ3v) is 9.21. The van der Waals surface area contributed by atoms with Gasteiger partial charge in [-0.05, 0) is 49.7 Å². The van der Waals surface area contributed by atoms with Crippen LogP contribution in [0.25, 0.3) is 0 Å². The monoisotopic (exact) mass is 298 g/mol. The molecule has 1 rings (SSSR count). The van der Waals surface area contributed by atoms with Crippen LogP contribution < -0.4 is 0 Å². The second-order valence-electron chi connectivity index (χ2n) is 7.18. The van der Waals surface area contributed by atoms with Crippen LogP contribution in [-0.2, 0) is 14.0 Å². The summed E-state index contributed by atoms with van der Waals surface area (Å²) in [5.74, 6) is 0.808. The maximum atomic E-state index is 11.3. The largest absolute Gasteiger partial charge is 0.463 e. The van der Waals surface area contributed by atoms with E-state index in [1.165, 1.54) is 6.42 Å². The Kier molecular flexibility index (Phi) is 6.01. The summed E-state index contributed by atoms with van der Waals surface area (Å²) in [6, 6.07) is 0. The minimum absolute atomic E-state index is 0.233. The molecule has 0 aromatic rings. The molecule has 2 atom stereocenters. The molecule has 0 bridgehead atoms. The molecule has 0 radical (unpaired) electrons. The van der Waals surface area contributed by atoms with Crippen molar-refractivity contribution in [3.05, 3.63) is 12.2 Å². The Morgan fingerprint density at radius 3 is 2.40 bits per heavy atom. The SMILES string of the molecule is CCOC(=O)/C=C/[C@H]1CC[C@H]1CO[Si](C)(C)C(C)(C)C. The highest BCUT2D eigenvalue weighted by Gasteiger charge is 2.39. The summed E-state index contributed by atoms with van der Waals surface area (Å²) in [7, 11) is -1.65. The second-order valence-corrected chi connectivity index (χ2v) is 12.0. The normalized spacial score (nSPS) is 23.7. The van der Waals surface area contributed by atoms with Gasteiger partial charge in [0.25, 0.3) is 0 Å². The number of esters is 1. The first-order valence-electron chi connectivity index (χ1n) is 7.66. The number of ether oxygens (including phenoxy) is 1. The zero-order valence-corrected chi connectivity index (χ0v) is 14.9. The van der Waals surface area contributed by atoms with Crippen molar-refractivity contribution in [2.45, 2.75) is 58.7 Å². The van der Waals surface area contributed by atoms with E-state index in [2.05, 4.69) is 33.9 Å². The predicted molar refractivity (Wildman–Crippen MR) is 85.1 cm³/mol. The van der Waals surface area contributed by atoms with Crippen LogP contribution in [-0.4, -0.2) is 27.5 Å². The fourth-order valence-corrected chi connectivity index (χ4v) is 3.04. The van der Waals surface area contributed by atoms with Gasteiger partial charge in [-0.25, -0.2) is 4.79 Å². The van der Waals surface area contributed by atoms with E-state index in [1.807, 2.05) is 13.0 Å². The zero-order chi connectivity index (χ0) is 15.4. The molecule has 0 saturated heterocycles. The van der Waals surface area contributed by atoms with Crippen molar-refractivity contribution < 1.29 is 14.0 Å². The maximum Gasteiger partial charge on any atom is 0.330 e. The topological polar surface area (TPSA) is 35.5 Å². The summed E-state index contributed by atoms with van der Waals surface area (Å²) in [5, 5.41) is 0.257. The standard InChI is InChI=1S/C16H30O3Si/c1-7-18-15(17)11-10-13-8-9-14(13)12-19-20(5,6)16(2,3)4/h10-11,13-14H,7-9,12H2,1-6H3/b11-10+/t13-,14+/m1/s1. The van der Waals surface area contributed by atoms with E-state index < -0.39 is 8.32 Å². The van der Waals surface area contributed by atoms with Gasteiger partial charge in [-0.1, -0.05) is 26.8 Å². The van der Waals surface area contributed by atoms with Crippen molar-refractivity contribution in [2.24, 2.45) is 11.8 Å². The molecule has 0 aromatic carbocycles. The molecule has 1 fully saturated rings. The summed E-state index contributed by atoms with van der Waals surface area (Å²) in [5.41, 5.74) is 0. The van der Waals surface area contributed by atoms with Crippen LogP contribution in [0.3, 0.4) is 0 Å². The number of hydrogen-bond acceptors (Lipinski definition) is 3. The quantitative estimate of drug-likeness (QED) is 0.420. The van der Waals surface area contributed by atoms with Gasteiger partial charge in [0.05, 0.1) is 6.61 Å². The van der Waals surface area contributed by atoms with E-state index in [4.69, 9.17) is 9.16 Å². The van der Waals surface area contributed by atoms with E-state index in [1.54, 1.807) is 6.08 Å². The Bertz CT molecular complexity index is 355. The fraction of sp³-hybridized carbons (Fsp3) is 0.812.